The number of aromatic hydroxyl groups is 1. The van der Waals surface area contributed by atoms with Crippen LogP contribution in [-0.2, 0) is 0 Å². The van der Waals surface area contributed by atoms with Gasteiger partial charge in [0.1, 0.15) is 11.6 Å². The molecule has 0 unspecified atom stereocenters. The first kappa shape index (κ1) is 19.8. The highest BCUT2D eigenvalue weighted by Crippen LogP contribution is 2.24. The summed E-state index contributed by atoms with van der Waals surface area (Å²) in [5.41, 5.74) is 8.96. The van der Waals surface area contributed by atoms with Crippen molar-refractivity contribution in [1.82, 2.24) is 15.4 Å². The molecular formula is C23H19BrN4O2. The summed E-state index contributed by atoms with van der Waals surface area (Å²) in [6, 6.07) is 16.3. The summed E-state index contributed by atoms with van der Waals surface area (Å²) in [4.78, 5) is 20.3. The highest BCUT2D eigenvalue weighted by Gasteiger charge is 2.09. The van der Waals surface area contributed by atoms with Crippen LogP contribution in [0.4, 0.5) is 0 Å². The van der Waals surface area contributed by atoms with Crippen LogP contribution in [0.3, 0.4) is 0 Å². The van der Waals surface area contributed by atoms with Gasteiger partial charge in [0.05, 0.1) is 21.7 Å². The highest BCUT2D eigenvalue weighted by molar-refractivity contribution is 9.10. The monoisotopic (exact) mass is 462 g/mol. The number of H-pyrrole nitrogens is 1. The average molecular weight is 463 g/mol. The van der Waals surface area contributed by atoms with E-state index in [1.54, 1.807) is 30.3 Å². The van der Waals surface area contributed by atoms with Crippen molar-refractivity contribution < 1.29 is 9.90 Å². The van der Waals surface area contributed by atoms with E-state index in [-0.39, 0.29) is 11.7 Å². The van der Waals surface area contributed by atoms with Crippen molar-refractivity contribution in [1.29, 1.82) is 0 Å². The number of aryl methyl sites for hydroxylation is 2. The number of aromatic amines is 1. The molecular weight excluding hydrogens is 444 g/mol. The largest absolute Gasteiger partial charge is 0.507 e. The van der Waals surface area contributed by atoms with Crippen molar-refractivity contribution in [3.63, 3.8) is 0 Å². The van der Waals surface area contributed by atoms with Crippen LogP contribution in [0.15, 0.2) is 64.2 Å². The van der Waals surface area contributed by atoms with Gasteiger partial charge in [-0.25, -0.2) is 10.4 Å². The molecule has 0 aliphatic carbocycles. The minimum absolute atomic E-state index is 0.144. The van der Waals surface area contributed by atoms with E-state index in [1.807, 2.05) is 12.1 Å². The molecule has 1 amide bonds. The zero-order chi connectivity index (χ0) is 21.3. The fourth-order valence-electron chi connectivity index (χ4n) is 3.02. The minimum atomic E-state index is -0.313. The number of nitrogens with zero attached hydrogens (tertiary/aromatic N) is 2. The number of carbonyl (C=O) groups is 1. The number of carbonyl (C=O) groups excluding carboxylic acids is 1. The second kappa shape index (κ2) is 8.12. The molecule has 0 spiro atoms. The molecule has 1 heterocycles. The van der Waals surface area contributed by atoms with Gasteiger partial charge in [0.15, 0.2) is 0 Å². The topological polar surface area (TPSA) is 90.4 Å². The summed E-state index contributed by atoms with van der Waals surface area (Å²) >= 11 is 3.24. The third-order valence-corrected chi connectivity index (χ3v) is 5.50. The molecule has 0 fully saturated rings. The van der Waals surface area contributed by atoms with Crippen molar-refractivity contribution >= 4 is 39.1 Å². The molecule has 0 aliphatic heterocycles. The number of benzene rings is 3. The van der Waals surface area contributed by atoms with E-state index < -0.39 is 0 Å². The quantitative estimate of drug-likeness (QED) is 0.291. The number of aromatic nitrogens is 2. The van der Waals surface area contributed by atoms with Crippen LogP contribution in [0.5, 0.6) is 5.75 Å². The van der Waals surface area contributed by atoms with E-state index in [9.17, 15) is 9.90 Å². The zero-order valence-electron chi connectivity index (χ0n) is 16.4. The van der Waals surface area contributed by atoms with Gasteiger partial charge < -0.3 is 10.1 Å². The number of fused-ring (bicyclic) bond motifs is 1. The van der Waals surface area contributed by atoms with Crippen LogP contribution in [0, 0.1) is 13.8 Å². The Morgan fingerprint density at radius 3 is 2.57 bits per heavy atom. The normalized spacial score (nSPS) is 11.3. The molecule has 1 aromatic heterocycles. The summed E-state index contributed by atoms with van der Waals surface area (Å²) in [5, 5.41) is 13.5. The lowest BCUT2D eigenvalue weighted by molar-refractivity contribution is 0.0955. The van der Waals surface area contributed by atoms with Crippen molar-refractivity contribution in [2.24, 2.45) is 5.10 Å². The minimum Gasteiger partial charge on any atom is -0.507 e. The van der Waals surface area contributed by atoms with Crippen LogP contribution in [0.2, 0.25) is 0 Å². The molecule has 3 aromatic carbocycles. The molecule has 6 nitrogen and oxygen atoms in total. The van der Waals surface area contributed by atoms with Crippen molar-refractivity contribution in [3.05, 3.63) is 81.3 Å². The second-order valence-corrected chi connectivity index (χ2v) is 7.88. The number of rotatable bonds is 4. The number of halogens is 1. The molecule has 0 saturated carbocycles. The molecule has 4 aromatic rings. The Hall–Kier alpha value is -3.45. The molecule has 7 heteroatoms. The summed E-state index contributed by atoms with van der Waals surface area (Å²) < 4.78 is 0.560. The molecule has 0 radical (unpaired) electrons. The van der Waals surface area contributed by atoms with Gasteiger partial charge in [-0.2, -0.15) is 5.10 Å². The van der Waals surface area contributed by atoms with Crippen molar-refractivity contribution in [3.8, 4) is 17.1 Å². The molecule has 150 valence electrons. The highest BCUT2D eigenvalue weighted by atomic mass is 79.9. The summed E-state index contributed by atoms with van der Waals surface area (Å²) in [6.45, 7) is 4.14. The second-order valence-electron chi connectivity index (χ2n) is 7.03. The van der Waals surface area contributed by atoms with E-state index in [0.717, 1.165) is 28.0 Å². The van der Waals surface area contributed by atoms with Gasteiger partial charge in [-0.1, -0.05) is 12.1 Å². The SMILES string of the molecule is Cc1cc2nc(-c3ccc(C(=O)N/N=C/c4ccc(O)c(Br)c4)cc3)[nH]c2cc1C. The fourth-order valence-corrected chi connectivity index (χ4v) is 3.42. The predicted molar refractivity (Wildman–Crippen MR) is 122 cm³/mol. The van der Waals surface area contributed by atoms with Crippen molar-refractivity contribution in [2.75, 3.05) is 0 Å². The Kier molecular flexibility index (Phi) is 5.37. The number of hydrazone groups is 1. The van der Waals surface area contributed by atoms with Crippen LogP contribution in [0.25, 0.3) is 22.4 Å². The Labute approximate surface area is 181 Å². The third kappa shape index (κ3) is 4.11. The molecule has 0 aliphatic rings. The van der Waals surface area contributed by atoms with E-state index in [4.69, 9.17) is 0 Å². The Balaban J connectivity index is 1.47. The third-order valence-electron chi connectivity index (χ3n) is 4.87. The predicted octanol–water partition coefficient (Wildman–Crippen LogP) is 5.08. The van der Waals surface area contributed by atoms with Crippen LogP contribution in [-0.4, -0.2) is 27.2 Å². The summed E-state index contributed by atoms with van der Waals surface area (Å²) in [5.74, 6) is 0.593. The molecule has 0 bridgehead atoms. The van der Waals surface area contributed by atoms with Gasteiger partial charge in [0, 0.05) is 11.1 Å². The summed E-state index contributed by atoms with van der Waals surface area (Å²) in [7, 11) is 0. The molecule has 0 saturated heterocycles. The zero-order valence-corrected chi connectivity index (χ0v) is 18.0. The summed E-state index contributed by atoms with van der Waals surface area (Å²) in [6.07, 6.45) is 1.51. The van der Waals surface area contributed by atoms with E-state index in [2.05, 4.69) is 62.4 Å². The first-order valence-electron chi connectivity index (χ1n) is 9.30. The van der Waals surface area contributed by atoms with E-state index >= 15 is 0 Å². The maximum atomic E-state index is 12.3. The lowest BCUT2D eigenvalue weighted by Gasteiger charge is -2.02. The fraction of sp³-hybridized carbons (Fsp3) is 0.0870. The molecule has 0 atom stereocenters. The van der Waals surface area contributed by atoms with Gasteiger partial charge >= 0.3 is 0 Å². The van der Waals surface area contributed by atoms with Gasteiger partial charge in [0.2, 0.25) is 0 Å². The lowest BCUT2D eigenvalue weighted by Crippen LogP contribution is -2.17. The van der Waals surface area contributed by atoms with Gasteiger partial charge in [-0.05, 0) is 88.9 Å². The number of hydrogen-bond acceptors (Lipinski definition) is 4. The maximum absolute atomic E-state index is 12.3. The van der Waals surface area contributed by atoms with Crippen LogP contribution < -0.4 is 5.43 Å². The number of phenols is 1. The standard InChI is InChI=1S/C23H19BrN4O2/c1-13-9-19-20(10-14(13)2)27-22(26-19)16-4-6-17(7-5-16)23(30)28-25-12-15-3-8-21(29)18(24)11-15/h3-12,29H,1-2H3,(H,26,27)(H,28,30)/b25-12+. The van der Waals surface area contributed by atoms with E-state index in [0.29, 0.717) is 10.0 Å². The van der Waals surface area contributed by atoms with Crippen LogP contribution >= 0.6 is 15.9 Å². The number of hydrogen-bond donors (Lipinski definition) is 3. The Morgan fingerprint density at radius 1 is 1.10 bits per heavy atom. The Bertz CT molecular complexity index is 1240. The van der Waals surface area contributed by atoms with Gasteiger partial charge in [-0.15, -0.1) is 0 Å². The first-order valence-corrected chi connectivity index (χ1v) is 10.1. The number of nitrogens with one attached hydrogen (secondary N) is 2. The van der Waals surface area contributed by atoms with Gasteiger partial charge in [0.25, 0.3) is 5.91 Å². The smallest absolute Gasteiger partial charge is 0.271 e. The van der Waals surface area contributed by atoms with Crippen LogP contribution in [0.1, 0.15) is 27.0 Å². The lowest BCUT2D eigenvalue weighted by atomic mass is 10.1. The molecule has 3 N–H and O–H groups in total. The Morgan fingerprint density at radius 2 is 1.83 bits per heavy atom. The molecule has 30 heavy (non-hydrogen) atoms. The number of amides is 1. The van der Waals surface area contributed by atoms with Gasteiger partial charge in [-0.3, -0.25) is 4.79 Å². The average Bonchev–Trinajstić information content (AvgIpc) is 3.13. The molecule has 4 rings (SSSR count). The number of phenolic OH excluding ortho intramolecular Hbond substituents is 1. The maximum Gasteiger partial charge on any atom is 0.271 e. The van der Waals surface area contributed by atoms with Crippen molar-refractivity contribution in [2.45, 2.75) is 13.8 Å². The number of imidazole rings is 1. The first-order chi connectivity index (χ1) is 14.4. The van der Waals surface area contributed by atoms with E-state index in [1.165, 1.54) is 17.3 Å².